The van der Waals surface area contributed by atoms with E-state index in [0.717, 1.165) is 13.0 Å². The molecule has 0 aromatic rings. The Hall–Kier alpha value is -0.570. The molecule has 0 bridgehead atoms. The number of hydrogen-bond acceptors (Lipinski definition) is 3. The van der Waals surface area contributed by atoms with E-state index in [0.29, 0.717) is 18.0 Å². The lowest BCUT2D eigenvalue weighted by atomic mass is 10.0. The zero-order chi connectivity index (χ0) is 10.7. The molecule has 1 saturated heterocycles. The van der Waals surface area contributed by atoms with Gasteiger partial charge in [0.05, 0.1) is 5.71 Å². The molecule has 1 fully saturated rings. The lowest BCUT2D eigenvalue weighted by molar-refractivity contribution is 0.167. The molecule has 1 aliphatic heterocycles. The molecule has 82 valence electrons. The molecule has 0 aromatic heterocycles. The van der Waals surface area contributed by atoms with Crippen LogP contribution in [-0.4, -0.2) is 36.3 Å². The molecule has 0 amide bonds. The Morgan fingerprint density at radius 2 is 2.00 bits per heavy atom. The molecular formula is C11H22N2O. The van der Waals surface area contributed by atoms with Crippen LogP contribution in [0.15, 0.2) is 5.16 Å². The van der Waals surface area contributed by atoms with Gasteiger partial charge in [0.1, 0.15) is 7.11 Å². The highest BCUT2D eigenvalue weighted by molar-refractivity contribution is 5.88. The summed E-state index contributed by atoms with van der Waals surface area (Å²) in [4.78, 5) is 7.35. The van der Waals surface area contributed by atoms with Gasteiger partial charge in [-0.05, 0) is 19.8 Å². The highest BCUT2D eigenvalue weighted by Gasteiger charge is 2.33. The first kappa shape index (κ1) is 11.5. The van der Waals surface area contributed by atoms with E-state index in [2.05, 4.69) is 37.8 Å². The standard InChI is InChI=1S/C11H22N2O/c1-8(2)11-6-10(12-14-5)7-13(11)9(3)4/h8-9,11H,6-7H2,1-5H3/b12-10-. The number of nitrogens with zero attached hydrogens (tertiary/aromatic N) is 2. The summed E-state index contributed by atoms with van der Waals surface area (Å²) in [6, 6.07) is 1.22. The molecule has 1 unspecified atom stereocenters. The minimum atomic E-state index is 0.590. The summed E-state index contributed by atoms with van der Waals surface area (Å²) >= 11 is 0. The third kappa shape index (κ3) is 2.47. The molecule has 3 heteroatoms. The second-order valence-electron chi connectivity index (χ2n) is 4.62. The van der Waals surface area contributed by atoms with Gasteiger partial charge in [-0.2, -0.15) is 0 Å². The molecule has 0 N–H and O–H groups in total. The van der Waals surface area contributed by atoms with Gasteiger partial charge in [-0.1, -0.05) is 19.0 Å². The van der Waals surface area contributed by atoms with Crippen LogP contribution in [0.1, 0.15) is 34.1 Å². The first-order valence-corrected chi connectivity index (χ1v) is 5.41. The molecule has 1 atom stereocenters. The van der Waals surface area contributed by atoms with Gasteiger partial charge in [-0.3, -0.25) is 4.90 Å². The van der Waals surface area contributed by atoms with Crippen LogP contribution in [-0.2, 0) is 4.84 Å². The number of hydrogen-bond donors (Lipinski definition) is 0. The third-order valence-electron chi connectivity index (χ3n) is 2.89. The van der Waals surface area contributed by atoms with E-state index in [1.54, 1.807) is 7.11 Å². The molecule has 0 saturated carbocycles. The van der Waals surface area contributed by atoms with Crippen LogP contribution in [0.3, 0.4) is 0 Å². The van der Waals surface area contributed by atoms with Crippen LogP contribution in [0.2, 0.25) is 0 Å². The van der Waals surface area contributed by atoms with Gasteiger partial charge in [-0.25, -0.2) is 0 Å². The van der Waals surface area contributed by atoms with Crippen LogP contribution in [0, 0.1) is 5.92 Å². The van der Waals surface area contributed by atoms with Crippen molar-refractivity contribution in [1.29, 1.82) is 0 Å². The summed E-state index contributed by atoms with van der Waals surface area (Å²) in [5, 5.41) is 4.06. The molecule has 14 heavy (non-hydrogen) atoms. The van der Waals surface area contributed by atoms with Crippen LogP contribution >= 0.6 is 0 Å². The first-order chi connectivity index (χ1) is 6.56. The maximum atomic E-state index is 4.84. The van der Waals surface area contributed by atoms with Gasteiger partial charge in [0, 0.05) is 25.0 Å². The molecule has 3 nitrogen and oxygen atoms in total. The molecule has 1 aliphatic rings. The van der Waals surface area contributed by atoms with Crippen LogP contribution in [0.4, 0.5) is 0 Å². The van der Waals surface area contributed by atoms with E-state index in [9.17, 15) is 0 Å². The topological polar surface area (TPSA) is 24.8 Å². The smallest absolute Gasteiger partial charge is 0.106 e. The molecule has 0 radical (unpaired) electrons. The third-order valence-corrected chi connectivity index (χ3v) is 2.89. The van der Waals surface area contributed by atoms with Crippen molar-refractivity contribution in [3.8, 4) is 0 Å². The van der Waals surface area contributed by atoms with E-state index < -0.39 is 0 Å². The predicted molar refractivity (Wildman–Crippen MR) is 59.5 cm³/mol. The quantitative estimate of drug-likeness (QED) is 0.649. The van der Waals surface area contributed by atoms with Crippen molar-refractivity contribution < 1.29 is 4.84 Å². The fourth-order valence-corrected chi connectivity index (χ4v) is 2.13. The number of rotatable bonds is 3. The second kappa shape index (κ2) is 4.78. The van der Waals surface area contributed by atoms with E-state index in [1.165, 1.54) is 5.71 Å². The van der Waals surface area contributed by atoms with Crippen molar-refractivity contribution in [2.75, 3.05) is 13.7 Å². The largest absolute Gasteiger partial charge is 0.399 e. The Labute approximate surface area is 87.1 Å². The van der Waals surface area contributed by atoms with Crippen LogP contribution in [0.25, 0.3) is 0 Å². The highest BCUT2D eigenvalue weighted by Crippen LogP contribution is 2.24. The van der Waals surface area contributed by atoms with Crippen LogP contribution in [0.5, 0.6) is 0 Å². The minimum Gasteiger partial charge on any atom is -0.399 e. The highest BCUT2D eigenvalue weighted by atomic mass is 16.6. The van der Waals surface area contributed by atoms with Crippen LogP contribution < -0.4 is 0 Å². The summed E-state index contributed by atoms with van der Waals surface area (Å²) in [5.41, 5.74) is 1.18. The summed E-state index contributed by atoms with van der Waals surface area (Å²) in [7, 11) is 1.62. The van der Waals surface area contributed by atoms with E-state index in [1.807, 2.05) is 0 Å². The monoisotopic (exact) mass is 198 g/mol. The maximum absolute atomic E-state index is 4.84. The SMILES string of the molecule is CO/N=C1/CC(C(C)C)N(C(C)C)C1. The summed E-state index contributed by atoms with van der Waals surface area (Å²) in [6.07, 6.45) is 1.06. The molecular weight excluding hydrogens is 176 g/mol. The normalized spacial score (nSPS) is 26.8. The van der Waals surface area contributed by atoms with E-state index >= 15 is 0 Å². The van der Waals surface area contributed by atoms with Crippen molar-refractivity contribution in [2.45, 2.75) is 46.2 Å². The average Bonchev–Trinajstić information content (AvgIpc) is 2.49. The Morgan fingerprint density at radius 1 is 1.36 bits per heavy atom. The van der Waals surface area contributed by atoms with Gasteiger partial charge < -0.3 is 4.84 Å². The van der Waals surface area contributed by atoms with Gasteiger partial charge in [0.25, 0.3) is 0 Å². The Balaban J connectivity index is 2.70. The van der Waals surface area contributed by atoms with Crippen molar-refractivity contribution in [3.05, 3.63) is 0 Å². The molecule has 0 aromatic carbocycles. The lowest BCUT2D eigenvalue weighted by Crippen LogP contribution is -2.38. The van der Waals surface area contributed by atoms with Gasteiger partial charge in [0.2, 0.25) is 0 Å². The number of likely N-dealkylation sites (tertiary alicyclic amines) is 1. The Kier molecular flexibility index (Phi) is 3.93. The predicted octanol–water partition coefficient (Wildman–Crippen LogP) is 2.13. The zero-order valence-electron chi connectivity index (χ0n) is 9.95. The lowest BCUT2D eigenvalue weighted by Gasteiger charge is -2.30. The van der Waals surface area contributed by atoms with Crippen molar-refractivity contribution in [1.82, 2.24) is 4.90 Å². The minimum absolute atomic E-state index is 0.590. The molecule has 0 spiro atoms. The van der Waals surface area contributed by atoms with Crippen molar-refractivity contribution in [3.63, 3.8) is 0 Å². The van der Waals surface area contributed by atoms with Crippen molar-refractivity contribution in [2.24, 2.45) is 11.1 Å². The maximum Gasteiger partial charge on any atom is 0.106 e. The second-order valence-corrected chi connectivity index (χ2v) is 4.62. The van der Waals surface area contributed by atoms with Gasteiger partial charge in [0.15, 0.2) is 0 Å². The first-order valence-electron chi connectivity index (χ1n) is 5.41. The van der Waals surface area contributed by atoms with E-state index in [-0.39, 0.29) is 0 Å². The summed E-state index contributed by atoms with van der Waals surface area (Å²) < 4.78 is 0. The molecule has 1 rings (SSSR count). The van der Waals surface area contributed by atoms with Gasteiger partial charge in [-0.15, -0.1) is 0 Å². The average molecular weight is 198 g/mol. The van der Waals surface area contributed by atoms with E-state index in [4.69, 9.17) is 4.84 Å². The summed E-state index contributed by atoms with van der Waals surface area (Å²) in [6.45, 7) is 10.00. The Bertz CT molecular complexity index is 193. The molecule has 1 heterocycles. The fraction of sp³-hybridized carbons (Fsp3) is 0.909. The molecule has 0 aliphatic carbocycles. The zero-order valence-corrected chi connectivity index (χ0v) is 9.95. The summed E-state index contributed by atoms with van der Waals surface area (Å²) in [5.74, 6) is 0.682. The fourth-order valence-electron chi connectivity index (χ4n) is 2.13. The van der Waals surface area contributed by atoms with Crippen molar-refractivity contribution >= 4 is 5.71 Å². The Morgan fingerprint density at radius 3 is 2.36 bits per heavy atom. The number of oxime groups is 1. The van der Waals surface area contributed by atoms with Gasteiger partial charge >= 0.3 is 0 Å².